The first kappa shape index (κ1) is 16.3. The number of aromatic nitrogens is 1. The van der Waals surface area contributed by atoms with E-state index in [4.69, 9.17) is 0 Å². The number of hydrogen-bond donors (Lipinski definition) is 0. The largest absolute Gasteiger partial charge is 0.335 e. The summed E-state index contributed by atoms with van der Waals surface area (Å²) in [5.41, 5.74) is 2.62. The molecule has 3 nitrogen and oxygen atoms in total. The van der Waals surface area contributed by atoms with Crippen LogP contribution >= 0.6 is 0 Å². The maximum atomic E-state index is 13.2. The Morgan fingerprint density at radius 3 is 2.44 bits per heavy atom. The smallest absolute Gasteiger partial charge is 0.226 e. The van der Waals surface area contributed by atoms with Crippen molar-refractivity contribution in [2.75, 3.05) is 6.54 Å². The predicted molar refractivity (Wildman–Crippen MR) is 99.1 cm³/mol. The van der Waals surface area contributed by atoms with E-state index in [2.05, 4.69) is 52.3 Å². The van der Waals surface area contributed by atoms with Crippen molar-refractivity contribution in [3.8, 4) is 0 Å². The van der Waals surface area contributed by atoms with Gasteiger partial charge in [-0.2, -0.15) is 0 Å². The monoisotopic (exact) mass is 334 g/mol. The van der Waals surface area contributed by atoms with Crippen molar-refractivity contribution in [2.45, 2.75) is 50.5 Å². The molecule has 1 aromatic carbocycles. The van der Waals surface area contributed by atoms with Crippen LogP contribution in [0.5, 0.6) is 0 Å². The van der Waals surface area contributed by atoms with Gasteiger partial charge >= 0.3 is 0 Å². The minimum Gasteiger partial charge on any atom is -0.335 e. The van der Waals surface area contributed by atoms with Crippen LogP contribution in [0.4, 0.5) is 0 Å². The summed E-state index contributed by atoms with van der Waals surface area (Å²) in [5.74, 6) is 1.13. The molecule has 1 saturated carbocycles. The SMILES string of the molecule is O=C(C1CC(c2ccccc2)C1)N1CCCCC[C@@H]1c1ccncc1. The molecule has 0 unspecified atom stereocenters. The van der Waals surface area contributed by atoms with Crippen LogP contribution in [0.2, 0.25) is 0 Å². The lowest BCUT2D eigenvalue weighted by Crippen LogP contribution is -2.43. The van der Waals surface area contributed by atoms with Crippen LogP contribution in [0.1, 0.15) is 61.6 Å². The summed E-state index contributed by atoms with van der Waals surface area (Å²) in [4.78, 5) is 19.5. The van der Waals surface area contributed by atoms with E-state index in [-0.39, 0.29) is 12.0 Å². The number of carbonyl (C=O) groups excluding carboxylic acids is 1. The quantitative estimate of drug-likeness (QED) is 0.814. The molecule has 1 aromatic heterocycles. The van der Waals surface area contributed by atoms with Gasteiger partial charge in [0.25, 0.3) is 0 Å². The molecule has 3 heteroatoms. The maximum absolute atomic E-state index is 13.2. The second-order valence-corrected chi connectivity index (χ2v) is 7.45. The van der Waals surface area contributed by atoms with Crippen LogP contribution in [0, 0.1) is 5.92 Å². The summed E-state index contributed by atoms with van der Waals surface area (Å²) in [7, 11) is 0. The Morgan fingerprint density at radius 1 is 0.920 bits per heavy atom. The first-order valence-corrected chi connectivity index (χ1v) is 9.58. The van der Waals surface area contributed by atoms with Crippen molar-refractivity contribution in [3.05, 3.63) is 66.0 Å². The highest BCUT2D eigenvalue weighted by molar-refractivity contribution is 5.80. The molecular formula is C22H26N2O. The zero-order chi connectivity index (χ0) is 17.1. The van der Waals surface area contributed by atoms with Gasteiger partial charge in [-0.15, -0.1) is 0 Å². The van der Waals surface area contributed by atoms with E-state index in [9.17, 15) is 4.79 Å². The van der Waals surface area contributed by atoms with Crippen molar-refractivity contribution >= 4 is 5.91 Å². The van der Waals surface area contributed by atoms with Crippen molar-refractivity contribution in [3.63, 3.8) is 0 Å². The zero-order valence-electron chi connectivity index (χ0n) is 14.7. The number of rotatable bonds is 3. The fraction of sp³-hybridized carbons (Fsp3) is 0.455. The van der Waals surface area contributed by atoms with Crippen LogP contribution in [0.3, 0.4) is 0 Å². The topological polar surface area (TPSA) is 33.2 Å². The number of likely N-dealkylation sites (tertiary alicyclic amines) is 1. The van der Waals surface area contributed by atoms with Crippen LogP contribution in [-0.4, -0.2) is 22.3 Å². The second kappa shape index (κ2) is 7.38. The second-order valence-electron chi connectivity index (χ2n) is 7.45. The molecule has 1 aliphatic carbocycles. The standard InChI is InChI=1S/C22H26N2O/c25-22(20-15-19(16-20)17-7-3-1-4-8-17)24-14-6-2-5-9-21(24)18-10-12-23-13-11-18/h1,3-4,7-8,10-13,19-21H,2,5-6,9,14-16H2/t19?,20?,21-/m1/s1. The van der Waals surface area contributed by atoms with E-state index in [0.29, 0.717) is 11.8 Å². The van der Waals surface area contributed by atoms with Crippen molar-refractivity contribution in [2.24, 2.45) is 5.92 Å². The number of pyridine rings is 1. The molecule has 1 amide bonds. The molecule has 130 valence electrons. The molecule has 1 atom stereocenters. The van der Waals surface area contributed by atoms with E-state index < -0.39 is 0 Å². The Labute approximate surface area is 150 Å². The average molecular weight is 334 g/mol. The highest BCUT2D eigenvalue weighted by Crippen LogP contribution is 2.44. The van der Waals surface area contributed by atoms with Gasteiger partial charge < -0.3 is 4.90 Å². The molecular weight excluding hydrogens is 308 g/mol. The fourth-order valence-corrected chi connectivity index (χ4v) is 4.36. The maximum Gasteiger partial charge on any atom is 0.226 e. The molecule has 1 saturated heterocycles. The summed E-state index contributed by atoms with van der Waals surface area (Å²) in [5, 5.41) is 0. The van der Waals surface area contributed by atoms with Gasteiger partial charge in [-0.1, -0.05) is 43.2 Å². The van der Waals surface area contributed by atoms with Crippen LogP contribution in [-0.2, 0) is 4.79 Å². The third-order valence-corrected chi connectivity index (χ3v) is 5.89. The van der Waals surface area contributed by atoms with Gasteiger partial charge in [-0.05, 0) is 54.9 Å². The third-order valence-electron chi connectivity index (χ3n) is 5.89. The van der Waals surface area contributed by atoms with E-state index >= 15 is 0 Å². The van der Waals surface area contributed by atoms with Gasteiger partial charge in [0.1, 0.15) is 0 Å². The van der Waals surface area contributed by atoms with Gasteiger partial charge in [-0.25, -0.2) is 0 Å². The molecule has 1 aliphatic heterocycles. The lowest BCUT2D eigenvalue weighted by molar-refractivity contribution is -0.141. The van der Waals surface area contributed by atoms with Crippen molar-refractivity contribution in [1.82, 2.24) is 9.88 Å². The van der Waals surface area contributed by atoms with E-state index in [1.807, 2.05) is 12.4 Å². The summed E-state index contributed by atoms with van der Waals surface area (Å²) in [6.07, 6.45) is 10.3. The van der Waals surface area contributed by atoms with Crippen LogP contribution in [0.15, 0.2) is 54.9 Å². The molecule has 25 heavy (non-hydrogen) atoms. The van der Waals surface area contributed by atoms with Crippen LogP contribution in [0.25, 0.3) is 0 Å². The van der Waals surface area contributed by atoms with Gasteiger partial charge in [0.15, 0.2) is 0 Å². The van der Waals surface area contributed by atoms with Gasteiger partial charge in [0.2, 0.25) is 5.91 Å². The number of amides is 1. The zero-order valence-corrected chi connectivity index (χ0v) is 14.7. The average Bonchev–Trinajstić information content (AvgIpc) is 2.88. The fourth-order valence-electron chi connectivity index (χ4n) is 4.36. The molecule has 0 spiro atoms. The number of benzene rings is 1. The number of hydrogen-bond acceptors (Lipinski definition) is 2. The van der Waals surface area contributed by atoms with E-state index in [1.165, 1.54) is 24.0 Å². The summed E-state index contributed by atoms with van der Waals surface area (Å²) in [6.45, 7) is 0.901. The predicted octanol–water partition coefficient (Wildman–Crippen LogP) is 4.72. The van der Waals surface area contributed by atoms with Crippen molar-refractivity contribution < 1.29 is 4.79 Å². The Morgan fingerprint density at radius 2 is 1.68 bits per heavy atom. The molecule has 2 aliphatic rings. The number of nitrogens with zero attached hydrogens (tertiary/aromatic N) is 2. The summed E-state index contributed by atoms with van der Waals surface area (Å²) < 4.78 is 0. The molecule has 0 N–H and O–H groups in total. The molecule has 4 rings (SSSR count). The molecule has 2 fully saturated rings. The number of carbonyl (C=O) groups is 1. The Balaban J connectivity index is 1.46. The first-order valence-electron chi connectivity index (χ1n) is 9.58. The lowest BCUT2D eigenvalue weighted by atomic mass is 9.70. The summed E-state index contributed by atoms with van der Waals surface area (Å²) in [6, 6.07) is 15.0. The van der Waals surface area contributed by atoms with Gasteiger partial charge in [0, 0.05) is 24.9 Å². The van der Waals surface area contributed by atoms with E-state index in [1.54, 1.807) is 0 Å². The van der Waals surface area contributed by atoms with Crippen molar-refractivity contribution in [1.29, 1.82) is 0 Å². The highest BCUT2D eigenvalue weighted by atomic mass is 16.2. The molecule has 2 heterocycles. The van der Waals surface area contributed by atoms with Crippen LogP contribution < -0.4 is 0 Å². The molecule has 0 bridgehead atoms. The van der Waals surface area contributed by atoms with E-state index in [0.717, 1.165) is 32.2 Å². The Bertz CT molecular complexity index is 694. The van der Waals surface area contributed by atoms with Gasteiger partial charge in [-0.3, -0.25) is 9.78 Å². The normalized spacial score (nSPS) is 26.6. The summed E-state index contributed by atoms with van der Waals surface area (Å²) >= 11 is 0. The Hall–Kier alpha value is -2.16. The molecule has 2 aromatic rings. The molecule has 0 radical (unpaired) electrons. The third kappa shape index (κ3) is 3.46. The highest BCUT2D eigenvalue weighted by Gasteiger charge is 2.39. The minimum atomic E-state index is 0.202. The lowest BCUT2D eigenvalue weighted by Gasteiger charge is -2.40. The minimum absolute atomic E-state index is 0.202. The first-order chi connectivity index (χ1) is 12.3. The Kier molecular flexibility index (Phi) is 4.82. The van der Waals surface area contributed by atoms with Gasteiger partial charge in [0.05, 0.1) is 6.04 Å².